The molecular formula is C26H20F2N2O3. The van der Waals surface area contributed by atoms with Gasteiger partial charge in [-0.3, -0.25) is 9.20 Å². The SMILES string of the molecule is COc1ccc(-c2c(/C=C/C(=O)/C=C/c3ccc(F)c(F)c3)nc3ccccn23)c(OC)c1. The summed E-state index contributed by atoms with van der Waals surface area (Å²) in [5.41, 5.74) is 3.18. The Kier molecular flexibility index (Phi) is 6.31. The zero-order valence-electron chi connectivity index (χ0n) is 18.0. The number of fused-ring (bicyclic) bond motifs is 1. The lowest BCUT2D eigenvalue weighted by Crippen LogP contribution is -1.95. The van der Waals surface area contributed by atoms with Gasteiger partial charge in [-0.15, -0.1) is 0 Å². The predicted octanol–water partition coefficient (Wildman–Crippen LogP) is 5.59. The van der Waals surface area contributed by atoms with Crippen molar-refractivity contribution >= 4 is 23.6 Å². The molecule has 5 nitrogen and oxygen atoms in total. The number of methoxy groups -OCH3 is 2. The van der Waals surface area contributed by atoms with Crippen LogP contribution in [0.25, 0.3) is 29.1 Å². The molecule has 0 bridgehead atoms. The number of imidazole rings is 1. The average molecular weight is 446 g/mol. The number of halogens is 2. The Morgan fingerprint density at radius 3 is 2.52 bits per heavy atom. The van der Waals surface area contributed by atoms with E-state index in [0.717, 1.165) is 23.4 Å². The van der Waals surface area contributed by atoms with Gasteiger partial charge < -0.3 is 9.47 Å². The lowest BCUT2D eigenvalue weighted by Gasteiger charge is -2.11. The number of ether oxygens (including phenoxy) is 2. The van der Waals surface area contributed by atoms with Crippen molar-refractivity contribution in [3.05, 3.63) is 95.8 Å². The summed E-state index contributed by atoms with van der Waals surface area (Å²) in [5.74, 6) is -0.989. The van der Waals surface area contributed by atoms with Crippen molar-refractivity contribution in [3.8, 4) is 22.8 Å². The molecule has 0 fully saturated rings. The van der Waals surface area contributed by atoms with E-state index >= 15 is 0 Å². The summed E-state index contributed by atoms with van der Waals surface area (Å²) in [6.45, 7) is 0. The lowest BCUT2D eigenvalue weighted by molar-refractivity contribution is -0.110. The summed E-state index contributed by atoms with van der Waals surface area (Å²) in [5, 5.41) is 0. The molecule has 0 amide bonds. The van der Waals surface area contributed by atoms with Gasteiger partial charge in [-0.25, -0.2) is 13.8 Å². The number of carbonyl (C=O) groups excluding carboxylic acids is 1. The highest BCUT2D eigenvalue weighted by Gasteiger charge is 2.17. The van der Waals surface area contributed by atoms with Crippen LogP contribution in [0.4, 0.5) is 8.78 Å². The van der Waals surface area contributed by atoms with Crippen LogP contribution in [0, 0.1) is 11.6 Å². The number of nitrogens with zero attached hydrogens (tertiary/aromatic N) is 2. The molecule has 0 spiro atoms. The molecule has 0 aliphatic heterocycles. The predicted molar refractivity (Wildman–Crippen MR) is 123 cm³/mol. The first kappa shape index (κ1) is 22.0. The molecule has 0 atom stereocenters. The van der Waals surface area contributed by atoms with Gasteiger partial charge in [0.05, 0.1) is 25.6 Å². The van der Waals surface area contributed by atoms with Crippen molar-refractivity contribution in [2.45, 2.75) is 0 Å². The zero-order chi connectivity index (χ0) is 23.4. The standard InChI is InChI=1S/C26H20F2N2O3/c1-32-19-10-11-20(24(16-19)33-2)26-23(29-25-5-3-4-14-30(25)26)13-9-18(31)8-6-17-7-12-21(27)22(28)15-17/h3-16H,1-2H3/b8-6+,13-9+. The third-order valence-corrected chi connectivity index (χ3v) is 5.01. The van der Waals surface area contributed by atoms with Crippen molar-refractivity contribution < 1.29 is 23.0 Å². The second-order valence-corrected chi connectivity index (χ2v) is 7.08. The van der Waals surface area contributed by atoms with Crippen LogP contribution in [-0.4, -0.2) is 29.4 Å². The maximum Gasteiger partial charge on any atom is 0.178 e. The molecule has 166 valence electrons. The number of pyridine rings is 1. The van der Waals surface area contributed by atoms with E-state index < -0.39 is 11.6 Å². The molecule has 0 unspecified atom stereocenters. The Morgan fingerprint density at radius 1 is 0.939 bits per heavy atom. The average Bonchev–Trinajstić information content (AvgIpc) is 3.21. The molecule has 2 aromatic heterocycles. The minimum Gasteiger partial charge on any atom is -0.497 e. The summed E-state index contributed by atoms with van der Waals surface area (Å²) in [6.07, 6.45) is 7.57. The minimum absolute atomic E-state index is 0.329. The lowest BCUT2D eigenvalue weighted by atomic mass is 10.1. The van der Waals surface area contributed by atoms with E-state index in [0.29, 0.717) is 28.4 Å². The first-order valence-electron chi connectivity index (χ1n) is 10.0. The molecule has 0 aliphatic rings. The summed E-state index contributed by atoms with van der Waals surface area (Å²) >= 11 is 0. The first-order chi connectivity index (χ1) is 16.0. The minimum atomic E-state index is -0.970. The summed E-state index contributed by atoms with van der Waals surface area (Å²) < 4.78 is 39.2. The Hall–Kier alpha value is -4.26. The van der Waals surface area contributed by atoms with E-state index in [1.54, 1.807) is 26.4 Å². The molecule has 0 saturated heterocycles. The van der Waals surface area contributed by atoms with Gasteiger partial charge in [0.25, 0.3) is 0 Å². The molecule has 2 aromatic carbocycles. The van der Waals surface area contributed by atoms with Gasteiger partial charge in [0.2, 0.25) is 0 Å². The van der Waals surface area contributed by atoms with E-state index in [1.165, 1.54) is 24.3 Å². The third-order valence-electron chi connectivity index (χ3n) is 5.01. The Balaban J connectivity index is 1.70. The Bertz CT molecular complexity index is 1390. The first-order valence-corrected chi connectivity index (χ1v) is 10.0. The summed E-state index contributed by atoms with van der Waals surface area (Å²) in [7, 11) is 3.15. The van der Waals surface area contributed by atoms with Crippen LogP contribution in [0.1, 0.15) is 11.3 Å². The highest BCUT2D eigenvalue weighted by atomic mass is 19.2. The van der Waals surface area contributed by atoms with Crippen LogP contribution in [-0.2, 0) is 4.79 Å². The number of benzene rings is 2. The van der Waals surface area contributed by atoms with E-state index in [2.05, 4.69) is 4.98 Å². The van der Waals surface area contributed by atoms with Crippen LogP contribution in [0.5, 0.6) is 11.5 Å². The third kappa shape index (κ3) is 4.67. The summed E-state index contributed by atoms with van der Waals surface area (Å²) in [4.78, 5) is 17.0. The number of allylic oxidation sites excluding steroid dienone is 2. The van der Waals surface area contributed by atoms with Crippen molar-refractivity contribution in [2.75, 3.05) is 14.2 Å². The van der Waals surface area contributed by atoms with E-state index in [9.17, 15) is 13.6 Å². The molecule has 2 heterocycles. The molecule has 0 radical (unpaired) electrons. The second-order valence-electron chi connectivity index (χ2n) is 7.08. The molecule has 0 aliphatic carbocycles. The van der Waals surface area contributed by atoms with Crippen molar-refractivity contribution in [1.82, 2.24) is 9.38 Å². The molecule has 0 saturated carbocycles. The van der Waals surface area contributed by atoms with Crippen LogP contribution in [0.15, 0.2) is 72.9 Å². The monoisotopic (exact) mass is 446 g/mol. The van der Waals surface area contributed by atoms with Gasteiger partial charge in [-0.05, 0) is 60.2 Å². The van der Waals surface area contributed by atoms with E-state index in [-0.39, 0.29) is 5.78 Å². The fourth-order valence-corrected chi connectivity index (χ4v) is 3.40. The highest BCUT2D eigenvalue weighted by Crippen LogP contribution is 2.36. The van der Waals surface area contributed by atoms with E-state index in [4.69, 9.17) is 9.47 Å². The molecular weight excluding hydrogens is 426 g/mol. The molecule has 7 heteroatoms. The Labute approximate surface area is 189 Å². The highest BCUT2D eigenvalue weighted by molar-refractivity contribution is 6.04. The number of carbonyl (C=O) groups is 1. The van der Waals surface area contributed by atoms with Crippen LogP contribution in [0.2, 0.25) is 0 Å². The number of ketones is 1. The van der Waals surface area contributed by atoms with Crippen molar-refractivity contribution in [1.29, 1.82) is 0 Å². The molecule has 0 N–H and O–H groups in total. The zero-order valence-corrected chi connectivity index (χ0v) is 18.0. The normalized spacial score (nSPS) is 11.5. The Morgan fingerprint density at radius 2 is 1.76 bits per heavy atom. The van der Waals surface area contributed by atoms with E-state index in [1.807, 2.05) is 40.9 Å². The molecule has 4 aromatic rings. The number of hydrogen-bond donors (Lipinski definition) is 0. The molecule has 33 heavy (non-hydrogen) atoms. The number of aromatic nitrogens is 2. The quantitative estimate of drug-likeness (QED) is 0.347. The van der Waals surface area contributed by atoms with Gasteiger partial charge >= 0.3 is 0 Å². The maximum atomic E-state index is 13.4. The van der Waals surface area contributed by atoms with Gasteiger partial charge in [-0.2, -0.15) is 0 Å². The van der Waals surface area contributed by atoms with Gasteiger partial charge in [0.1, 0.15) is 17.1 Å². The van der Waals surface area contributed by atoms with Crippen LogP contribution >= 0.6 is 0 Å². The van der Waals surface area contributed by atoms with Gasteiger partial charge in [-0.1, -0.05) is 18.2 Å². The number of rotatable bonds is 7. The van der Waals surface area contributed by atoms with Crippen molar-refractivity contribution in [2.24, 2.45) is 0 Å². The largest absolute Gasteiger partial charge is 0.497 e. The van der Waals surface area contributed by atoms with Gasteiger partial charge in [0.15, 0.2) is 17.4 Å². The molecule has 4 rings (SSSR count). The van der Waals surface area contributed by atoms with Crippen molar-refractivity contribution in [3.63, 3.8) is 0 Å². The van der Waals surface area contributed by atoms with Gasteiger partial charge in [0, 0.05) is 17.8 Å². The fraction of sp³-hybridized carbons (Fsp3) is 0.0769. The smallest absolute Gasteiger partial charge is 0.178 e. The van der Waals surface area contributed by atoms with Crippen LogP contribution in [0.3, 0.4) is 0 Å². The van der Waals surface area contributed by atoms with Crippen LogP contribution < -0.4 is 9.47 Å². The summed E-state index contributed by atoms with van der Waals surface area (Å²) in [6, 6.07) is 14.5. The second kappa shape index (κ2) is 9.48. The topological polar surface area (TPSA) is 52.8 Å². The maximum absolute atomic E-state index is 13.4. The fourth-order valence-electron chi connectivity index (χ4n) is 3.40. The number of hydrogen-bond acceptors (Lipinski definition) is 4.